The Kier molecular flexibility index (Phi) is 4.64. The number of imidazole rings is 1. The second-order valence-corrected chi connectivity index (χ2v) is 6.79. The van der Waals surface area contributed by atoms with Crippen molar-refractivity contribution >= 4 is 17.9 Å². The number of amides is 1. The molecule has 25 heavy (non-hydrogen) atoms. The zero-order chi connectivity index (χ0) is 18.0. The largest absolute Gasteiger partial charge is 0.442 e. The Labute approximate surface area is 149 Å². The fourth-order valence-corrected chi connectivity index (χ4v) is 3.61. The summed E-state index contributed by atoms with van der Waals surface area (Å²) in [6.45, 7) is 0.00773. The molecule has 0 bridgehead atoms. The third-order valence-electron chi connectivity index (χ3n) is 3.85. The van der Waals surface area contributed by atoms with Gasteiger partial charge in [0, 0.05) is 17.9 Å². The normalized spacial score (nSPS) is 13.1. The molecule has 3 rings (SSSR count). The minimum absolute atomic E-state index is 0.00773. The van der Waals surface area contributed by atoms with Crippen molar-refractivity contribution < 1.29 is 9.53 Å². The quantitative estimate of drug-likeness (QED) is 0.883. The molecule has 126 valence electrons. The third kappa shape index (κ3) is 3.76. The lowest BCUT2D eigenvalue weighted by Gasteiger charge is -2.08. The number of carbonyl (C=O) groups excluding carboxylic acids is 1. The van der Waals surface area contributed by atoms with Crippen LogP contribution in [0, 0.1) is 22.7 Å². The Morgan fingerprint density at radius 2 is 2.00 bits per heavy atom. The number of rotatable bonds is 5. The first kappa shape index (κ1) is 16.9. The first-order chi connectivity index (χ1) is 12.0. The molecule has 1 amide bonds. The van der Waals surface area contributed by atoms with Crippen LogP contribution in [0.3, 0.4) is 0 Å². The minimum Gasteiger partial charge on any atom is -0.442 e. The maximum absolute atomic E-state index is 10.9. The predicted octanol–water partition coefficient (Wildman–Crippen LogP) is 2.79. The Hall–Kier alpha value is -2.97. The van der Waals surface area contributed by atoms with Crippen molar-refractivity contribution in [2.24, 2.45) is 12.8 Å². The molecule has 1 aromatic carbocycles. The van der Waals surface area contributed by atoms with Crippen LogP contribution in [-0.2, 0) is 18.4 Å². The van der Waals surface area contributed by atoms with Crippen molar-refractivity contribution in [2.75, 3.05) is 0 Å². The molecule has 0 atom stereocenters. The van der Waals surface area contributed by atoms with Gasteiger partial charge in [0.15, 0.2) is 6.61 Å². The van der Waals surface area contributed by atoms with Gasteiger partial charge in [-0.25, -0.2) is 9.78 Å². The molecule has 0 unspecified atom stereocenters. The predicted molar refractivity (Wildman–Crippen MR) is 89.6 cm³/mol. The van der Waals surface area contributed by atoms with Crippen molar-refractivity contribution in [3.8, 4) is 12.1 Å². The van der Waals surface area contributed by atoms with Gasteiger partial charge < -0.3 is 15.0 Å². The van der Waals surface area contributed by atoms with E-state index in [-0.39, 0.29) is 6.61 Å². The summed E-state index contributed by atoms with van der Waals surface area (Å²) < 4.78 is 6.73. The first-order valence-corrected chi connectivity index (χ1v) is 8.44. The SMILES string of the molecule is Cn1c(COC(N)=O)nc(C2CC2)c1Sc1cc(C#N)cc(C#N)c1. The fourth-order valence-electron chi connectivity index (χ4n) is 2.46. The molecule has 0 saturated heterocycles. The number of hydrogen-bond donors (Lipinski definition) is 1. The molecule has 1 aliphatic carbocycles. The summed E-state index contributed by atoms with van der Waals surface area (Å²) in [5.74, 6) is 1.01. The van der Waals surface area contributed by atoms with Gasteiger partial charge in [0.2, 0.25) is 0 Å². The van der Waals surface area contributed by atoms with Crippen LogP contribution < -0.4 is 5.73 Å². The molecule has 1 fully saturated rings. The Bertz CT molecular complexity index is 886. The van der Waals surface area contributed by atoms with Crippen LogP contribution in [-0.4, -0.2) is 15.6 Å². The summed E-state index contributed by atoms with van der Waals surface area (Å²) in [4.78, 5) is 16.2. The lowest BCUT2D eigenvalue weighted by atomic mass is 10.1. The maximum atomic E-state index is 10.9. The topological polar surface area (TPSA) is 118 Å². The molecule has 7 nitrogen and oxygen atoms in total. The standard InChI is InChI=1S/C17H15N5O2S/c1-22-14(9-24-17(20)23)21-15(12-2-3-12)16(22)25-13-5-10(7-18)4-11(6-13)8-19/h4-6,12H,2-3,9H2,1H3,(H2,20,23). The van der Waals surface area contributed by atoms with E-state index in [9.17, 15) is 4.79 Å². The Morgan fingerprint density at radius 1 is 1.36 bits per heavy atom. The molecule has 2 aromatic rings. The van der Waals surface area contributed by atoms with Gasteiger partial charge >= 0.3 is 6.09 Å². The number of nitriles is 2. The lowest BCUT2D eigenvalue weighted by Crippen LogP contribution is -2.14. The second kappa shape index (κ2) is 6.88. The van der Waals surface area contributed by atoms with E-state index in [1.54, 1.807) is 18.2 Å². The van der Waals surface area contributed by atoms with Gasteiger partial charge in [-0.3, -0.25) is 0 Å². The molecule has 8 heteroatoms. The van der Waals surface area contributed by atoms with E-state index in [1.165, 1.54) is 11.8 Å². The summed E-state index contributed by atoms with van der Waals surface area (Å²) in [6.07, 6.45) is 1.30. The number of benzene rings is 1. The number of nitrogens with zero attached hydrogens (tertiary/aromatic N) is 4. The zero-order valence-corrected chi connectivity index (χ0v) is 14.3. The Balaban J connectivity index is 1.95. The monoisotopic (exact) mass is 353 g/mol. The molecule has 0 radical (unpaired) electrons. The highest BCUT2D eigenvalue weighted by molar-refractivity contribution is 7.99. The zero-order valence-electron chi connectivity index (χ0n) is 13.5. The molecule has 0 aliphatic heterocycles. The van der Waals surface area contributed by atoms with Gasteiger partial charge in [0.1, 0.15) is 10.9 Å². The van der Waals surface area contributed by atoms with Crippen LogP contribution in [0.5, 0.6) is 0 Å². The van der Waals surface area contributed by atoms with E-state index in [0.29, 0.717) is 22.9 Å². The smallest absolute Gasteiger partial charge is 0.404 e. The number of primary amides is 1. The average molecular weight is 353 g/mol. The number of aromatic nitrogens is 2. The highest BCUT2D eigenvalue weighted by Crippen LogP contribution is 2.45. The van der Waals surface area contributed by atoms with Crippen molar-refractivity contribution in [2.45, 2.75) is 35.3 Å². The van der Waals surface area contributed by atoms with Gasteiger partial charge in [-0.2, -0.15) is 10.5 Å². The van der Waals surface area contributed by atoms with E-state index in [1.807, 2.05) is 11.6 Å². The molecule has 0 spiro atoms. The van der Waals surface area contributed by atoms with Gasteiger partial charge in [0.25, 0.3) is 0 Å². The first-order valence-electron chi connectivity index (χ1n) is 7.62. The van der Waals surface area contributed by atoms with Crippen molar-refractivity contribution in [3.05, 3.63) is 40.8 Å². The van der Waals surface area contributed by atoms with Crippen molar-refractivity contribution in [1.29, 1.82) is 10.5 Å². The van der Waals surface area contributed by atoms with Crippen LogP contribution >= 0.6 is 11.8 Å². The van der Waals surface area contributed by atoms with E-state index in [0.717, 1.165) is 28.5 Å². The van der Waals surface area contributed by atoms with Gasteiger partial charge in [-0.05, 0) is 31.0 Å². The maximum Gasteiger partial charge on any atom is 0.404 e. The lowest BCUT2D eigenvalue weighted by molar-refractivity contribution is 0.146. The van der Waals surface area contributed by atoms with Crippen molar-refractivity contribution in [1.82, 2.24) is 9.55 Å². The molecule has 1 aliphatic rings. The van der Waals surface area contributed by atoms with E-state index < -0.39 is 6.09 Å². The van der Waals surface area contributed by atoms with Gasteiger partial charge in [-0.1, -0.05) is 11.8 Å². The summed E-state index contributed by atoms with van der Waals surface area (Å²) in [6, 6.07) is 9.19. The molecule has 1 saturated carbocycles. The molecule has 2 N–H and O–H groups in total. The molecule has 1 heterocycles. The summed E-state index contributed by atoms with van der Waals surface area (Å²) in [5, 5.41) is 19.2. The summed E-state index contributed by atoms with van der Waals surface area (Å²) in [7, 11) is 1.85. The van der Waals surface area contributed by atoms with Crippen molar-refractivity contribution in [3.63, 3.8) is 0 Å². The number of carbonyl (C=O) groups is 1. The van der Waals surface area contributed by atoms with Crippen LogP contribution in [0.1, 0.15) is 41.4 Å². The highest BCUT2D eigenvalue weighted by Gasteiger charge is 2.31. The Morgan fingerprint density at radius 3 is 2.52 bits per heavy atom. The van der Waals surface area contributed by atoms with E-state index in [4.69, 9.17) is 21.0 Å². The van der Waals surface area contributed by atoms with Crippen LogP contribution in [0.15, 0.2) is 28.1 Å². The second-order valence-electron chi connectivity index (χ2n) is 5.73. The summed E-state index contributed by atoms with van der Waals surface area (Å²) in [5.41, 5.74) is 6.86. The highest BCUT2D eigenvalue weighted by atomic mass is 32.2. The van der Waals surface area contributed by atoms with Gasteiger partial charge in [-0.15, -0.1) is 0 Å². The molecular weight excluding hydrogens is 338 g/mol. The third-order valence-corrected chi connectivity index (χ3v) is 5.00. The van der Waals surface area contributed by atoms with Crippen LogP contribution in [0.2, 0.25) is 0 Å². The fraction of sp³-hybridized carbons (Fsp3) is 0.294. The number of nitrogens with two attached hydrogens (primary N) is 1. The summed E-state index contributed by atoms with van der Waals surface area (Å²) >= 11 is 1.45. The molecular formula is C17H15N5O2S. The van der Waals surface area contributed by atoms with Crippen LogP contribution in [0.4, 0.5) is 4.79 Å². The molecule has 1 aromatic heterocycles. The van der Waals surface area contributed by atoms with E-state index >= 15 is 0 Å². The van der Waals surface area contributed by atoms with Gasteiger partial charge in [0.05, 0.1) is 29.0 Å². The number of hydrogen-bond acceptors (Lipinski definition) is 6. The minimum atomic E-state index is -0.842. The number of ether oxygens (including phenoxy) is 1. The average Bonchev–Trinajstić information content (AvgIpc) is 3.40. The van der Waals surface area contributed by atoms with E-state index in [2.05, 4.69) is 17.1 Å². The van der Waals surface area contributed by atoms with Crippen LogP contribution in [0.25, 0.3) is 0 Å².